The van der Waals surface area contributed by atoms with Gasteiger partial charge in [0.1, 0.15) is 0 Å². The van der Waals surface area contributed by atoms with Crippen molar-refractivity contribution in [3.8, 4) is 0 Å². The lowest BCUT2D eigenvalue weighted by Gasteiger charge is -2.39. The number of urea groups is 1. The number of hydrogen-bond acceptors (Lipinski definition) is 3. The Morgan fingerprint density at radius 3 is 2.24 bits per heavy atom. The lowest BCUT2D eigenvalue weighted by Crippen LogP contribution is -2.57. The molecule has 0 bridgehead atoms. The van der Waals surface area contributed by atoms with E-state index in [2.05, 4.69) is 10.2 Å². The van der Waals surface area contributed by atoms with Crippen molar-refractivity contribution in [3.63, 3.8) is 0 Å². The minimum absolute atomic E-state index is 0.0687. The van der Waals surface area contributed by atoms with Crippen LogP contribution in [-0.2, 0) is 4.79 Å². The number of carbonyl (C=O) groups is 2. The molecular weight excluding hydrogens is 270 g/mol. The lowest BCUT2D eigenvalue weighted by molar-refractivity contribution is -0.138. The van der Waals surface area contributed by atoms with Gasteiger partial charge in [0, 0.05) is 37.8 Å². The van der Waals surface area contributed by atoms with E-state index in [4.69, 9.17) is 5.11 Å². The van der Waals surface area contributed by atoms with Crippen molar-refractivity contribution in [1.29, 1.82) is 0 Å². The molecule has 0 unspecified atom stereocenters. The van der Waals surface area contributed by atoms with Crippen LogP contribution in [-0.4, -0.2) is 64.7 Å². The molecule has 0 aromatic rings. The number of aliphatic carboxylic acids is 1. The number of piperazine rings is 1. The zero-order valence-electron chi connectivity index (χ0n) is 13.1. The number of carboxylic acids is 1. The maximum absolute atomic E-state index is 12.2. The SMILES string of the molecule is CC(C)(CC(=O)O)NC(=O)N1CCN(C2CCCC2)CC1. The van der Waals surface area contributed by atoms with E-state index in [1.165, 1.54) is 25.7 Å². The molecule has 1 heterocycles. The van der Waals surface area contributed by atoms with E-state index in [9.17, 15) is 9.59 Å². The van der Waals surface area contributed by atoms with Gasteiger partial charge >= 0.3 is 12.0 Å². The zero-order valence-corrected chi connectivity index (χ0v) is 13.1. The summed E-state index contributed by atoms with van der Waals surface area (Å²) >= 11 is 0. The van der Waals surface area contributed by atoms with Gasteiger partial charge in [-0.15, -0.1) is 0 Å². The summed E-state index contributed by atoms with van der Waals surface area (Å²) < 4.78 is 0. The second kappa shape index (κ2) is 6.64. The third-order valence-electron chi connectivity index (χ3n) is 4.48. The fourth-order valence-corrected chi connectivity index (χ4v) is 3.35. The minimum atomic E-state index is -0.897. The van der Waals surface area contributed by atoms with Crippen LogP contribution in [0.3, 0.4) is 0 Å². The summed E-state index contributed by atoms with van der Waals surface area (Å²) in [5, 5.41) is 11.7. The van der Waals surface area contributed by atoms with E-state index in [0.717, 1.165) is 26.2 Å². The molecule has 0 aromatic heterocycles. The number of nitrogens with one attached hydrogen (secondary N) is 1. The molecule has 1 saturated carbocycles. The largest absolute Gasteiger partial charge is 0.481 e. The minimum Gasteiger partial charge on any atom is -0.481 e. The highest BCUT2D eigenvalue weighted by Gasteiger charge is 2.30. The van der Waals surface area contributed by atoms with Crippen molar-refractivity contribution >= 4 is 12.0 Å². The molecule has 0 radical (unpaired) electrons. The Hall–Kier alpha value is -1.30. The first-order chi connectivity index (χ1) is 9.87. The first-order valence-electron chi connectivity index (χ1n) is 7.90. The Labute approximate surface area is 126 Å². The summed E-state index contributed by atoms with van der Waals surface area (Å²) in [7, 11) is 0. The van der Waals surface area contributed by atoms with E-state index in [1.807, 2.05) is 0 Å². The molecule has 0 aromatic carbocycles. The second-order valence-electron chi connectivity index (χ2n) is 6.85. The van der Waals surface area contributed by atoms with Crippen molar-refractivity contribution in [2.75, 3.05) is 26.2 Å². The summed E-state index contributed by atoms with van der Waals surface area (Å²) in [6.07, 6.45) is 5.17. The highest BCUT2D eigenvalue weighted by atomic mass is 16.4. The monoisotopic (exact) mass is 297 g/mol. The normalized spacial score (nSPS) is 21.5. The standard InChI is InChI=1S/C15H27N3O3/c1-15(2,11-13(19)20)16-14(21)18-9-7-17(8-10-18)12-5-3-4-6-12/h12H,3-11H2,1-2H3,(H,16,21)(H,19,20). The highest BCUT2D eigenvalue weighted by Crippen LogP contribution is 2.24. The van der Waals surface area contributed by atoms with Crippen LogP contribution in [0.25, 0.3) is 0 Å². The van der Waals surface area contributed by atoms with Gasteiger partial charge in [0.2, 0.25) is 0 Å². The van der Waals surface area contributed by atoms with Gasteiger partial charge < -0.3 is 15.3 Å². The van der Waals surface area contributed by atoms with Gasteiger partial charge in [0.15, 0.2) is 0 Å². The predicted molar refractivity (Wildman–Crippen MR) is 80.3 cm³/mol. The molecule has 1 saturated heterocycles. The molecule has 6 heteroatoms. The molecule has 6 nitrogen and oxygen atoms in total. The van der Waals surface area contributed by atoms with Crippen LogP contribution in [0.4, 0.5) is 4.79 Å². The molecule has 2 N–H and O–H groups in total. The maximum atomic E-state index is 12.2. The number of hydrogen-bond donors (Lipinski definition) is 2. The van der Waals surface area contributed by atoms with E-state index in [-0.39, 0.29) is 12.5 Å². The van der Waals surface area contributed by atoms with Gasteiger partial charge in [-0.25, -0.2) is 4.79 Å². The third kappa shape index (κ3) is 4.59. The fraction of sp³-hybridized carbons (Fsp3) is 0.867. The summed E-state index contributed by atoms with van der Waals surface area (Å²) in [5.41, 5.74) is -0.717. The lowest BCUT2D eigenvalue weighted by atomic mass is 10.0. The van der Waals surface area contributed by atoms with E-state index in [1.54, 1.807) is 18.7 Å². The van der Waals surface area contributed by atoms with Crippen molar-refractivity contribution in [1.82, 2.24) is 15.1 Å². The van der Waals surface area contributed by atoms with Crippen LogP contribution in [0, 0.1) is 0 Å². The molecule has 2 aliphatic rings. The van der Waals surface area contributed by atoms with Crippen LogP contribution in [0.15, 0.2) is 0 Å². The molecule has 1 aliphatic heterocycles. The van der Waals surface area contributed by atoms with Gasteiger partial charge in [-0.2, -0.15) is 0 Å². The molecule has 2 rings (SSSR count). The summed E-state index contributed by atoms with van der Waals surface area (Å²) in [5.74, 6) is -0.897. The summed E-state index contributed by atoms with van der Waals surface area (Å²) in [4.78, 5) is 27.3. The zero-order chi connectivity index (χ0) is 15.5. The topological polar surface area (TPSA) is 72.9 Å². The van der Waals surface area contributed by atoms with Crippen molar-refractivity contribution < 1.29 is 14.7 Å². The van der Waals surface area contributed by atoms with Crippen molar-refractivity contribution in [2.24, 2.45) is 0 Å². The quantitative estimate of drug-likeness (QED) is 0.825. The average molecular weight is 297 g/mol. The fourth-order valence-electron chi connectivity index (χ4n) is 3.35. The maximum Gasteiger partial charge on any atom is 0.317 e. The third-order valence-corrected chi connectivity index (χ3v) is 4.48. The van der Waals surface area contributed by atoms with E-state index < -0.39 is 11.5 Å². The second-order valence-corrected chi connectivity index (χ2v) is 6.85. The molecule has 1 aliphatic carbocycles. The summed E-state index contributed by atoms with van der Waals surface area (Å²) in [6.45, 7) is 6.80. The Morgan fingerprint density at radius 2 is 1.71 bits per heavy atom. The smallest absolute Gasteiger partial charge is 0.317 e. The van der Waals surface area contributed by atoms with Crippen LogP contribution in [0.5, 0.6) is 0 Å². The van der Waals surface area contributed by atoms with Crippen LogP contribution < -0.4 is 5.32 Å². The molecule has 2 fully saturated rings. The Balaban J connectivity index is 1.78. The molecule has 2 amide bonds. The predicted octanol–water partition coefficient (Wildman–Crippen LogP) is 1.51. The van der Waals surface area contributed by atoms with Crippen molar-refractivity contribution in [3.05, 3.63) is 0 Å². The Morgan fingerprint density at radius 1 is 1.14 bits per heavy atom. The van der Waals surface area contributed by atoms with E-state index in [0.29, 0.717) is 6.04 Å². The molecule has 21 heavy (non-hydrogen) atoms. The number of carboxylic acid groups (broad SMARTS) is 1. The number of amides is 2. The molecular formula is C15H27N3O3. The van der Waals surface area contributed by atoms with E-state index >= 15 is 0 Å². The summed E-state index contributed by atoms with van der Waals surface area (Å²) in [6, 6.07) is 0.561. The molecule has 0 atom stereocenters. The van der Waals surface area contributed by atoms with Crippen LogP contribution in [0.2, 0.25) is 0 Å². The number of carbonyl (C=O) groups excluding carboxylic acids is 1. The Kier molecular flexibility index (Phi) is 5.08. The van der Waals surface area contributed by atoms with Gasteiger partial charge in [-0.05, 0) is 26.7 Å². The van der Waals surface area contributed by atoms with Gasteiger partial charge in [0.25, 0.3) is 0 Å². The van der Waals surface area contributed by atoms with Crippen LogP contribution >= 0.6 is 0 Å². The number of rotatable bonds is 4. The van der Waals surface area contributed by atoms with Gasteiger partial charge in [-0.3, -0.25) is 9.69 Å². The Bertz CT molecular complexity index is 384. The molecule has 120 valence electrons. The van der Waals surface area contributed by atoms with Crippen molar-refractivity contribution in [2.45, 2.75) is 57.5 Å². The van der Waals surface area contributed by atoms with Gasteiger partial charge in [0.05, 0.1) is 6.42 Å². The average Bonchev–Trinajstić information content (AvgIpc) is 2.90. The highest BCUT2D eigenvalue weighted by molar-refractivity contribution is 5.76. The first-order valence-corrected chi connectivity index (χ1v) is 7.90. The number of nitrogens with zero attached hydrogens (tertiary/aromatic N) is 2. The molecule has 0 spiro atoms. The first kappa shape index (κ1) is 16.1. The van der Waals surface area contributed by atoms with Gasteiger partial charge in [-0.1, -0.05) is 12.8 Å². The van der Waals surface area contributed by atoms with Crippen LogP contribution in [0.1, 0.15) is 46.0 Å².